The Morgan fingerprint density at radius 3 is 1.90 bits per heavy atom. The summed E-state index contributed by atoms with van der Waals surface area (Å²) in [5.41, 5.74) is 0. The Morgan fingerprint density at radius 1 is 0.931 bits per heavy atom. The zero-order valence-corrected chi connectivity index (χ0v) is 19.0. The zero-order chi connectivity index (χ0) is 21.9. The van der Waals surface area contributed by atoms with E-state index in [2.05, 4.69) is 0 Å². The molecule has 1 amide bonds. The van der Waals surface area contributed by atoms with Crippen molar-refractivity contribution in [3.8, 4) is 0 Å². The van der Waals surface area contributed by atoms with Crippen LogP contribution in [-0.2, 0) is 34.7 Å². The van der Waals surface area contributed by atoms with Gasteiger partial charge in [-0.1, -0.05) is 13.8 Å². The third-order valence-electron chi connectivity index (χ3n) is 5.48. The SMILES string of the molecule is CC(C)[C@H]1C(=O)N(S(C)(=O)=O)[C@H]2CCN(S(=O)(=O)c3ccc(S(C)(=O)=O)cc3)[C@H]12. The van der Waals surface area contributed by atoms with Gasteiger partial charge in [0, 0.05) is 12.8 Å². The van der Waals surface area contributed by atoms with Gasteiger partial charge in [0.05, 0.1) is 34.0 Å². The molecule has 29 heavy (non-hydrogen) atoms. The van der Waals surface area contributed by atoms with Gasteiger partial charge in [0.25, 0.3) is 0 Å². The predicted molar refractivity (Wildman–Crippen MR) is 106 cm³/mol. The first-order valence-corrected chi connectivity index (χ1v) is 14.2. The third kappa shape index (κ3) is 3.71. The number of fused-ring (bicyclic) bond motifs is 1. The standard InChI is InChI=1S/C17H24N2O7S3/c1-11(2)15-16-14(19(17(15)20)28(4,23)24)9-10-18(16)29(25,26)13-7-5-12(6-8-13)27(3,21)22/h5-8,11,14-16H,9-10H2,1-4H3/t14-,15+,16-/m0/s1. The Balaban J connectivity index is 2.04. The van der Waals surface area contributed by atoms with Crippen LogP contribution in [-0.4, -0.2) is 70.9 Å². The first kappa shape index (κ1) is 22.2. The fourth-order valence-corrected chi connectivity index (χ4v) is 7.76. The molecule has 3 atom stereocenters. The Morgan fingerprint density at radius 2 is 1.45 bits per heavy atom. The van der Waals surface area contributed by atoms with Crippen LogP contribution in [0.1, 0.15) is 20.3 Å². The molecule has 2 aliphatic rings. The van der Waals surface area contributed by atoms with Gasteiger partial charge in [0.15, 0.2) is 9.84 Å². The lowest BCUT2D eigenvalue weighted by Crippen LogP contribution is -2.44. The Hall–Kier alpha value is -1.50. The minimum Gasteiger partial charge on any atom is -0.273 e. The first-order valence-electron chi connectivity index (χ1n) is 9.02. The molecule has 1 aromatic rings. The molecule has 0 bridgehead atoms. The van der Waals surface area contributed by atoms with Gasteiger partial charge in [-0.15, -0.1) is 0 Å². The second-order valence-electron chi connectivity index (χ2n) is 7.87. The minimum absolute atomic E-state index is 0.00454. The molecule has 162 valence electrons. The number of hydrogen-bond acceptors (Lipinski definition) is 7. The van der Waals surface area contributed by atoms with Crippen molar-refractivity contribution in [2.24, 2.45) is 11.8 Å². The molecular formula is C17H24N2O7S3. The van der Waals surface area contributed by atoms with E-state index in [0.717, 1.165) is 16.8 Å². The van der Waals surface area contributed by atoms with Crippen molar-refractivity contribution in [3.63, 3.8) is 0 Å². The maximum atomic E-state index is 13.3. The van der Waals surface area contributed by atoms with Gasteiger partial charge in [-0.3, -0.25) is 4.79 Å². The van der Waals surface area contributed by atoms with E-state index in [1.54, 1.807) is 13.8 Å². The molecule has 2 saturated heterocycles. The second kappa shape index (κ2) is 7.03. The summed E-state index contributed by atoms with van der Waals surface area (Å²) >= 11 is 0. The lowest BCUT2D eigenvalue weighted by Gasteiger charge is -2.28. The van der Waals surface area contributed by atoms with Crippen molar-refractivity contribution in [2.45, 2.75) is 42.1 Å². The molecule has 9 nitrogen and oxygen atoms in total. The summed E-state index contributed by atoms with van der Waals surface area (Å²) in [4.78, 5) is 12.7. The summed E-state index contributed by atoms with van der Waals surface area (Å²) in [6.45, 7) is 3.60. The van der Waals surface area contributed by atoms with E-state index in [9.17, 15) is 30.0 Å². The summed E-state index contributed by atoms with van der Waals surface area (Å²) in [6, 6.07) is 3.34. The number of carbonyl (C=O) groups excluding carboxylic acids is 1. The molecule has 0 unspecified atom stereocenters. The van der Waals surface area contributed by atoms with Gasteiger partial charge in [-0.2, -0.15) is 4.31 Å². The van der Waals surface area contributed by atoms with Gasteiger partial charge in [-0.05, 0) is 36.6 Å². The highest BCUT2D eigenvalue weighted by Gasteiger charge is 2.59. The van der Waals surface area contributed by atoms with E-state index >= 15 is 0 Å². The molecule has 1 aromatic carbocycles. The number of carbonyl (C=O) groups is 1. The Labute approximate surface area is 171 Å². The van der Waals surface area contributed by atoms with Crippen LogP contribution in [0.4, 0.5) is 0 Å². The van der Waals surface area contributed by atoms with Crippen LogP contribution >= 0.6 is 0 Å². The average molecular weight is 465 g/mol. The van der Waals surface area contributed by atoms with Crippen LogP contribution in [0.3, 0.4) is 0 Å². The Kier molecular flexibility index (Phi) is 5.38. The summed E-state index contributed by atoms with van der Waals surface area (Å²) < 4.78 is 76.2. The summed E-state index contributed by atoms with van der Waals surface area (Å²) in [5, 5.41) is 0. The van der Waals surface area contributed by atoms with Gasteiger partial charge in [0.1, 0.15) is 0 Å². The van der Waals surface area contributed by atoms with Crippen molar-refractivity contribution in [1.82, 2.24) is 8.61 Å². The smallest absolute Gasteiger partial charge is 0.243 e. The largest absolute Gasteiger partial charge is 0.273 e. The average Bonchev–Trinajstić information content (AvgIpc) is 3.09. The van der Waals surface area contributed by atoms with E-state index < -0.39 is 53.8 Å². The topological polar surface area (TPSA) is 126 Å². The van der Waals surface area contributed by atoms with Gasteiger partial charge in [0.2, 0.25) is 26.0 Å². The molecule has 0 aliphatic carbocycles. The fraction of sp³-hybridized carbons (Fsp3) is 0.588. The molecule has 0 saturated carbocycles. The van der Waals surface area contributed by atoms with E-state index in [1.807, 2.05) is 0 Å². The van der Waals surface area contributed by atoms with Crippen LogP contribution in [0, 0.1) is 11.8 Å². The second-order valence-corrected chi connectivity index (χ2v) is 13.6. The highest BCUT2D eigenvalue weighted by atomic mass is 32.2. The molecule has 0 N–H and O–H groups in total. The number of rotatable bonds is 5. The highest BCUT2D eigenvalue weighted by molar-refractivity contribution is 7.91. The van der Waals surface area contributed by atoms with Crippen molar-refractivity contribution in [2.75, 3.05) is 19.1 Å². The molecule has 2 fully saturated rings. The van der Waals surface area contributed by atoms with Gasteiger partial charge in [-0.25, -0.2) is 29.6 Å². The summed E-state index contributed by atoms with van der Waals surface area (Å²) in [6.07, 6.45) is 2.19. The molecule has 0 radical (unpaired) electrons. The number of sulfonamides is 2. The first-order chi connectivity index (χ1) is 13.2. The van der Waals surface area contributed by atoms with Crippen molar-refractivity contribution < 1.29 is 30.0 Å². The van der Waals surface area contributed by atoms with E-state index in [0.29, 0.717) is 0 Å². The van der Waals surface area contributed by atoms with Crippen molar-refractivity contribution in [1.29, 1.82) is 0 Å². The molecule has 3 rings (SSSR count). The maximum Gasteiger partial charge on any atom is 0.243 e. The fourth-order valence-electron chi connectivity index (χ4n) is 4.27. The van der Waals surface area contributed by atoms with Crippen LogP contribution in [0.15, 0.2) is 34.1 Å². The molecule has 2 aliphatic heterocycles. The van der Waals surface area contributed by atoms with E-state index in [4.69, 9.17) is 0 Å². The molecule has 2 heterocycles. The van der Waals surface area contributed by atoms with Gasteiger partial charge < -0.3 is 0 Å². The quantitative estimate of drug-likeness (QED) is 0.613. The molecular weight excluding hydrogens is 440 g/mol. The maximum absolute atomic E-state index is 13.3. The lowest BCUT2D eigenvalue weighted by atomic mass is 9.89. The Bertz CT molecular complexity index is 1140. The van der Waals surface area contributed by atoms with Crippen LogP contribution in [0.5, 0.6) is 0 Å². The monoisotopic (exact) mass is 464 g/mol. The summed E-state index contributed by atoms with van der Waals surface area (Å²) in [5.74, 6) is -1.61. The van der Waals surface area contributed by atoms with Gasteiger partial charge >= 0.3 is 0 Å². The van der Waals surface area contributed by atoms with Crippen LogP contribution in [0.2, 0.25) is 0 Å². The van der Waals surface area contributed by atoms with Crippen molar-refractivity contribution >= 4 is 35.8 Å². The normalized spacial score (nSPS) is 26.3. The van der Waals surface area contributed by atoms with E-state index in [-0.39, 0.29) is 28.7 Å². The van der Waals surface area contributed by atoms with Crippen LogP contribution in [0.25, 0.3) is 0 Å². The predicted octanol–water partition coefficient (Wildman–Crippen LogP) is 0.296. The lowest BCUT2D eigenvalue weighted by molar-refractivity contribution is -0.129. The molecule has 12 heteroatoms. The number of nitrogens with zero attached hydrogens (tertiary/aromatic N) is 2. The summed E-state index contributed by atoms with van der Waals surface area (Å²) in [7, 11) is -11.4. The molecule has 0 spiro atoms. The minimum atomic E-state index is -4.05. The number of hydrogen-bond donors (Lipinski definition) is 0. The number of benzene rings is 1. The third-order valence-corrected chi connectivity index (χ3v) is 9.68. The number of sulfone groups is 1. The zero-order valence-electron chi connectivity index (χ0n) is 16.5. The van der Waals surface area contributed by atoms with E-state index in [1.165, 1.54) is 28.6 Å². The van der Waals surface area contributed by atoms with Crippen molar-refractivity contribution in [3.05, 3.63) is 24.3 Å². The van der Waals surface area contributed by atoms with Crippen LogP contribution < -0.4 is 0 Å². The highest BCUT2D eigenvalue weighted by Crippen LogP contribution is 2.43. The number of amides is 1. The molecule has 0 aromatic heterocycles.